The number of nitrogens with one attached hydrogen (secondary N) is 2. The molecule has 0 aromatic carbocycles. The predicted molar refractivity (Wildman–Crippen MR) is 137 cm³/mol. The normalized spacial score (nSPS) is 15.8. The number of unbranched alkanes of at least 4 members (excludes halogenated alkanes) is 3. The number of aromatic nitrogens is 2. The monoisotopic (exact) mass is 487 g/mol. The molecule has 2 N–H and O–H groups in total. The maximum Gasteiger partial charge on any atom is 0.317 e. The third-order valence-electron chi connectivity index (χ3n) is 6.17. The van der Waals surface area contributed by atoms with E-state index in [2.05, 4.69) is 29.0 Å². The van der Waals surface area contributed by atoms with Crippen molar-refractivity contribution in [1.29, 1.82) is 0 Å². The molecule has 3 aromatic heterocycles. The van der Waals surface area contributed by atoms with Crippen LogP contribution in [0, 0.1) is 0 Å². The number of hydrogen-bond acceptors (Lipinski definition) is 6. The number of nitrogens with zero attached hydrogens (tertiary/aromatic N) is 3. The molecule has 0 unspecified atom stereocenters. The third-order valence-corrected chi connectivity index (χ3v) is 7.95. The molecule has 0 saturated carbocycles. The summed E-state index contributed by atoms with van der Waals surface area (Å²) in [4.78, 5) is 39.1. The molecule has 9 heteroatoms. The van der Waals surface area contributed by atoms with Crippen molar-refractivity contribution >= 4 is 38.9 Å². The minimum atomic E-state index is -0.0782. The lowest BCUT2D eigenvalue weighted by atomic mass is 10.1. The average molecular weight is 488 g/mol. The van der Waals surface area contributed by atoms with Crippen LogP contribution in [0.25, 0.3) is 20.7 Å². The molecule has 0 aliphatic carbocycles. The number of hydrogen-bond donors (Lipinski definition) is 2. The van der Waals surface area contributed by atoms with Crippen molar-refractivity contribution in [1.82, 2.24) is 25.1 Å². The van der Waals surface area contributed by atoms with Gasteiger partial charge in [-0.05, 0) is 24.8 Å². The van der Waals surface area contributed by atoms with Crippen molar-refractivity contribution < 1.29 is 4.79 Å². The van der Waals surface area contributed by atoms with Crippen molar-refractivity contribution in [3.8, 4) is 10.4 Å². The summed E-state index contributed by atoms with van der Waals surface area (Å²) in [6.45, 7) is 7.79. The molecule has 0 radical (unpaired) electrons. The van der Waals surface area contributed by atoms with Crippen LogP contribution in [0.4, 0.5) is 4.79 Å². The third kappa shape index (κ3) is 6.02. The van der Waals surface area contributed by atoms with Gasteiger partial charge in [-0.15, -0.1) is 22.7 Å². The minimum absolute atomic E-state index is 0.0327. The number of aromatic amines is 1. The number of H-pyrrole nitrogens is 1. The number of carbonyl (C=O) groups excluding carboxylic acids is 1. The van der Waals surface area contributed by atoms with Crippen LogP contribution >= 0.6 is 22.7 Å². The second kappa shape index (κ2) is 11.3. The highest BCUT2D eigenvalue weighted by Crippen LogP contribution is 2.33. The van der Waals surface area contributed by atoms with Crippen LogP contribution in [0.1, 0.15) is 51.8 Å². The fourth-order valence-electron chi connectivity index (χ4n) is 4.25. The van der Waals surface area contributed by atoms with Crippen LogP contribution in [0.3, 0.4) is 0 Å². The number of thiophene rings is 2. The Hall–Kier alpha value is -2.23. The highest BCUT2D eigenvalue weighted by Gasteiger charge is 2.23. The molecule has 2 amide bonds. The Bertz CT molecular complexity index is 1100. The smallest absolute Gasteiger partial charge is 0.317 e. The van der Waals surface area contributed by atoms with Gasteiger partial charge in [0, 0.05) is 48.0 Å². The van der Waals surface area contributed by atoms with Crippen LogP contribution < -0.4 is 10.9 Å². The second-order valence-electron chi connectivity index (χ2n) is 8.78. The fourth-order valence-corrected chi connectivity index (χ4v) is 6.04. The molecule has 33 heavy (non-hydrogen) atoms. The largest absolute Gasteiger partial charge is 0.336 e. The summed E-state index contributed by atoms with van der Waals surface area (Å²) in [6, 6.07) is 4.26. The van der Waals surface area contributed by atoms with Crippen LogP contribution in [-0.4, -0.2) is 58.0 Å². The molecule has 1 aliphatic heterocycles. The molecule has 4 heterocycles. The van der Waals surface area contributed by atoms with Crippen molar-refractivity contribution in [2.45, 2.75) is 58.5 Å². The summed E-state index contributed by atoms with van der Waals surface area (Å²) in [5.74, 6) is 0.686. The summed E-state index contributed by atoms with van der Waals surface area (Å²) in [5, 5.41) is 7.86. The summed E-state index contributed by atoms with van der Waals surface area (Å²) in [5.41, 5.74) is 0.884. The molecular formula is C24H33N5O2S2. The highest BCUT2D eigenvalue weighted by molar-refractivity contribution is 7.18. The Morgan fingerprint density at radius 2 is 2.03 bits per heavy atom. The van der Waals surface area contributed by atoms with Gasteiger partial charge in [-0.1, -0.05) is 38.7 Å². The highest BCUT2D eigenvalue weighted by atomic mass is 32.1. The topological polar surface area (TPSA) is 81.3 Å². The van der Waals surface area contributed by atoms with Gasteiger partial charge in [-0.3, -0.25) is 9.69 Å². The molecule has 7 nitrogen and oxygen atoms in total. The Morgan fingerprint density at radius 1 is 1.21 bits per heavy atom. The first-order valence-electron chi connectivity index (χ1n) is 11.9. The van der Waals surface area contributed by atoms with Crippen LogP contribution in [0.15, 0.2) is 27.7 Å². The summed E-state index contributed by atoms with van der Waals surface area (Å²) < 4.78 is 0. The molecule has 1 aliphatic rings. The lowest BCUT2D eigenvalue weighted by Gasteiger charge is -2.35. The molecule has 4 rings (SSSR count). The Labute approximate surface area is 202 Å². The van der Waals surface area contributed by atoms with Gasteiger partial charge in [0.15, 0.2) is 0 Å². The van der Waals surface area contributed by atoms with Crippen molar-refractivity contribution in [2.75, 3.05) is 26.2 Å². The maximum absolute atomic E-state index is 12.8. The van der Waals surface area contributed by atoms with E-state index in [1.165, 1.54) is 30.6 Å². The number of piperazine rings is 1. The Kier molecular flexibility index (Phi) is 8.16. The SMILES string of the molecule is CCCCCC[C@H](C)NC(=O)N1CCN(Cc2nc3scc(-c4cccs4)c3c(=O)[nH]2)CC1. The summed E-state index contributed by atoms with van der Waals surface area (Å²) in [7, 11) is 0. The van der Waals surface area contributed by atoms with E-state index >= 15 is 0 Å². The molecule has 0 bridgehead atoms. The summed E-state index contributed by atoms with van der Waals surface area (Å²) >= 11 is 3.15. The fraction of sp³-hybridized carbons (Fsp3) is 0.542. The van der Waals surface area contributed by atoms with Gasteiger partial charge >= 0.3 is 6.03 Å². The van der Waals surface area contributed by atoms with Gasteiger partial charge in [0.05, 0.1) is 11.9 Å². The van der Waals surface area contributed by atoms with E-state index in [9.17, 15) is 9.59 Å². The predicted octanol–water partition coefficient (Wildman–Crippen LogP) is 4.90. The first kappa shape index (κ1) is 23.9. The van der Waals surface area contributed by atoms with E-state index in [0.717, 1.165) is 41.2 Å². The van der Waals surface area contributed by atoms with E-state index in [-0.39, 0.29) is 17.6 Å². The maximum atomic E-state index is 12.8. The van der Waals surface area contributed by atoms with Gasteiger partial charge in [0.1, 0.15) is 10.7 Å². The van der Waals surface area contributed by atoms with Crippen molar-refractivity contribution in [2.24, 2.45) is 0 Å². The number of urea groups is 1. The zero-order valence-electron chi connectivity index (χ0n) is 19.4. The first-order chi connectivity index (χ1) is 16.0. The number of rotatable bonds is 9. The van der Waals surface area contributed by atoms with Gasteiger partial charge < -0.3 is 15.2 Å². The first-order valence-corrected chi connectivity index (χ1v) is 13.6. The molecule has 3 aromatic rings. The van der Waals surface area contributed by atoms with Gasteiger partial charge in [0.25, 0.3) is 5.56 Å². The van der Waals surface area contributed by atoms with Gasteiger partial charge in [-0.25, -0.2) is 9.78 Å². The van der Waals surface area contributed by atoms with Crippen molar-refractivity contribution in [3.05, 3.63) is 39.1 Å². The van der Waals surface area contributed by atoms with Crippen LogP contribution in [0.5, 0.6) is 0 Å². The second-order valence-corrected chi connectivity index (χ2v) is 10.6. The van der Waals surface area contributed by atoms with E-state index in [1.54, 1.807) is 11.3 Å². The number of carbonyl (C=O) groups is 1. The van der Waals surface area contributed by atoms with Crippen molar-refractivity contribution in [3.63, 3.8) is 0 Å². The van der Waals surface area contributed by atoms with Crippen LogP contribution in [0.2, 0.25) is 0 Å². The number of amides is 2. The average Bonchev–Trinajstić information content (AvgIpc) is 3.47. The molecule has 178 valence electrons. The number of fused-ring (bicyclic) bond motifs is 1. The molecule has 0 spiro atoms. The van der Waals surface area contributed by atoms with Gasteiger partial charge in [-0.2, -0.15) is 0 Å². The Balaban J connectivity index is 1.29. The molecular weight excluding hydrogens is 454 g/mol. The van der Waals surface area contributed by atoms with E-state index in [0.29, 0.717) is 30.8 Å². The standard InChI is InChI=1S/C24H33N5O2S2/c1-3-4-5-6-8-17(2)25-24(31)29-12-10-28(11-13-29)15-20-26-22(30)21-18(16-33-23(21)27-20)19-9-7-14-32-19/h7,9,14,16-17H,3-6,8,10-13,15H2,1-2H3,(H,25,31)(H,26,27,30)/t17-/m0/s1. The molecule has 1 atom stereocenters. The summed E-state index contributed by atoms with van der Waals surface area (Å²) in [6.07, 6.45) is 5.92. The van der Waals surface area contributed by atoms with E-state index < -0.39 is 0 Å². The quantitative estimate of drug-likeness (QED) is 0.421. The van der Waals surface area contributed by atoms with E-state index in [1.807, 2.05) is 27.8 Å². The zero-order chi connectivity index (χ0) is 23.2. The Morgan fingerprint density at radius 3 is 2.76 bits per heavy atom. The van der Waals surface area contributed by atoms with E-state index in [4.69, 9.17) is 4.98 Å². The minimum Gasteiger partial charge on any atom is -0.336 e. The zero-order valence-corrected chi connectivity index (χ0v) is 21.1. The molecule has 1 saturated heterocycles. The van der Waals surface area contributed by atoms with Crippen LogP contribution in [-0.2, 0) is 6.54 Å². The molecule has 1 fully saturated rings. The van der Waals surface area contributed by atoms with Gasteiger partial charge in [0.2, 0.25) is 0 Å². The lowest BCUT2D eigenvalue weighted by Crippen LogP contribution is -2.53. The lowest BCUT2D eigenvalue weighted by molar-refractivity contribution is 0.131.